The zero-order valence-corrected chi connectivity index (χ0v) is 14.5. The summed E-state index contributed by atoms with van der Waals surface area (Å²) in [6.07, 6.45) is 0. The maximum atomic E-state index is 5.96. The number of hydrogen-bond acceptors (Lipinski definition) is 3. The number of hydrogen-bond donors (Lipinski definition) is 0. The standard InChI is InChI=1S/C8H6Cl2N3.3CH3.Sn/c9-8(10)6-13(12-11-8)7-4-2-1-3-5-7;;;;/h1-4H,6H2;3*1H3;. The Morgan fingerprint density at radius 2 is 1.88 bits per heavy atom. The van der Waals surface area contributed by atoms with Crippen LogP contribution < -0.4 is 8.59 Å². The second-order valence-electron chi connectivity index (χ2n) is 5.18. The molecular formula is C11H15Cl2N3Sn. The predicted molar refractivity (Wildman–Crippen MR) is 76.1 cm³/mol. The van der Waals surface area contributed by atoms with E-state index in [0.717, 1.165) is 5.69 Å². The molecule has 0 fully saturated rings. The number of para-hydroxylation sites is 1. The minimum absolute atomic E-state index is 0.412. The van der Waals surface area contributed by atoms with Gasteiger partial charge in [0.25, 0.3) is 0 Å². The van der Waals surface area contributed by atoms with E-state index in [2.05, 4.69) is 43.4 Å². The summed E-state index contributed by atoms with van der Waals surface area (Å²) in [5.74, 6) is 0. The molecule has 1 heterocycles. The zero-order chi connectivity index (χ0) is 12.7. The fraction of sp³-hybridized carbons (Fsp3) is 0.455. The topological polar surface area (TPSA) is 28.0 Å². The quantitative estimate of drug-likeness (QED) is 0.439. The summed E-state index contributed by atoms with van der Waals surface area (Å²) in [4.78, 5) is 7.11. The average molecular weight is 379 g/mol. The number of anilines is 1. The first-order valence-electron chi connectivity index (χ1n) is 5.47. The van der Waals surface area contributed by atoms with E-state index in [9.17, 15) is 0 Å². The first kappa shape index (κ1) is 13.4. The van der Waals surface area contributed by atoms with E-state index < -0.39 is 22.8 Å². The molecule has 92 valence electrons. The Hall–Kier alpha value is -0.00130. The minimum atomic E-state index is -2.17. The van der Waals surface area contributed by atoms with Crippen molar-refractivity contribution in [3.8, 4) is 0 Å². The van der Waals surface area contributed by atoms with Crippen LogP contribution in [0.15, 0.2) is 34.6 Å². The van der Waals surface area contributed by atoms with Crippen molar-refractivity contribution in [2.24, 2.45) is 10.3 Å². The van der Waals surface area contributed by atoms with E-state index in [4.69, 9.17) is 23.2 Å². The van der Waals surface area contributed by atoms with E-state index in [-0.39, 0.29) is 0 Å². The van der Waals surface area contributed by atoms with Gasteiger partial charge >= 0.3 is 116 Å². The molecule has 0 unspecified atom stereocenters. The van der Waals surface area contributed by atoms with Crippen LogP contribution in [-0.4, -0.2) is 29.4 Å². The third-order valence-corrected chi connectivity index (χ3v) is 8.84. The maximum absolute atomic E-state index is 5.96. The van der Waals surface area contributed by atoms with E-state index in [1.54, 1.807) is 5.01 Å². The second-order valence-corrected chi connectivity index (χ2v) is 21.0. The van der Waals surface area contributed by atoms with E-state index in [1.165, 1.54) is 3.58 Å². The van der Waals surface area contributed by atoms with Crippen molar-refractivity contribution in [3.05, 3.63) is 24.3 Å². The van der Waals surface area contributed by atoms with Gasteiger partial charge in [0.2, 0.25) is 0 Å². The molecule has 0 saturated carbocycles. The van der Waals surface area contributed by atoms with Crippen molar-refractivity contribution < 1.29 is 0 Å². The van der Waals surface area contributed by atoms with Gasteiger partial charge in [0.1, 0.15) is 0 Å². The number of rotatable bonds is 2. The first-order valence-corrected chi connectivity index (χ1v) is 16.2. The van der Waals surface area contributed by atoms with Crippen LogP contribution >= 0.6 is 23.2 Å². The fourth-order valence-electron chi connectivity index (χ4n) is 1.83. The van der Waals surface area contributed by atoms with E-state index >= 15 is 0 Å². The molecule has 0 amide bonds. The molecule has 0 spiro atoms. The van der Waals surface area contributed by atoms with E-state index in [0.29, 0.717) is 6.54 Å². The van der Waals surface area contributed by atoms with Gasteiger partial charge in [-0.05, 0) is 0 Å². The molecule has 1 aliphatic rings. The molecule has 6 heteroatoms. The Bertz CT molecular complexity index is 454. The Morgan fingerprint density at radius 3 is 2.41 bits per heavy atom. The van der Waals surface area contributed by atoms with Gasteiger partial charge in [-0.1, -0.05) is 0 Å². The molecule has 17 heavy (non-hydrogen) atoms. The molecule has 0 bridgehead atoms. The van der Waals surface area contributed by atoms with Crippen LogP contribution in [0.5, 0.6) is 0 Å². The SMILES string of the molecule is [CH3][Sn]([CH3])([CH3])[c]1ccccc1N1CC(Cl)(Cl)N=N1. The van der Waals surface area contributed by atoms with Crippen molar-refractivity contribution in [2.45, 2.75) is 19.3 Å². The summed E-state index contributed by atoms with van der Waals surface area (Å²) in [6.45, 7) is 0.412. The number of alkyl halides is 2. The van der Waals surface area contributed by atoms with Gasteiger partial charge in [-0.15, -0.1) is 0 Å². The summed E-state index contributed by atoms with van der Waals surface area (Å²) in [7, 11) is 0. The normalized spacial score (nSPS) is 18.8. The van der Waals surface area contributed by atoms with Crippen LogP contribution in [-0.2, 0) is 0 Å². The third kappa shape index (κ3) is 3.06. The van der Waals surface area contributed by atoms with Crippen LogP contribution in [0.2, 0.25) is 14.8 Å². The van der Waals surface area contributed by atoms with Crippen molar-refractivity contribution >= 4 is 50.8 Å². The molecule has 0 radical (unpaired) electrons. The van der Waals surface area contributed by atoms with Crippen LogP contribution in [0, 0.1) is 0 Å². The summed E-state index contributed by atoms with van der Waals surface area (Å²) in [5.41, 5.74) is 1.10. The molecule has 1 aliphatic heterocycles. The second kappa shape index (κ2) is 4.59. The van der Waals surface area contributed by atoms with Crippen LogP contribution in [0.3, 0.4) is 0 Å². The number of benzene rings is 1. The monoisotopic (exact) mass is 379 g/mol. The van der Waals surface area contributed by atoms with Crippen molar-refractivity contribution in [1.29, 1.82) is 0 Å². The van der Waals surface area contributed by atoms with Gasteiger partial charge in [-0.2, -0.15) is 0 Å². The Morgan fingerprint density at radius 1 is 1.24 bits per heavy atom. The predicted octanol–water partition coefficient (Wildman–Crippen LogP) is 3.55. The molecule has 2 rings (SSSR count). The fourth-order valence-corrected chi connectivity index (χ4v) is 6.62. The molecule has 3 nitrogen and oxygen atoms in total. The molecular weight excluding hydrogens is 364 g/mol. The average Bonchev–Trinajstić information content (AvgIpc) is 2.58. The van der Waals surface area contributed by atoms with Crippen molar-refractivity contribution in [2.75, 3.05) is 11.6 Å². The molecule has 0 aromatic heterocycles. The van der Waals surface area contributed by atoms with Gasteiger partial charge in [-0.3, -0.25) is 0 Å². The molecule has 0 aliphatic carbocycles. The molecule has 0 N–H and O–H groups in total. The molecule has 1 aromatic carbocycles. The summed E-state index contributed by atoms with van der Waals surface area (Å²) < 4.78 is 0.298. The molecule has 0 saturated heterocycles. The van der Waals surface area contributed by atoms with Crippen LogP contribution in [0.4, 0.5) is 5.69 Å². The zero-order valence-electron chi connectivity index (χ0n) is 10.1. The van der Waals surface area contributed by atoms with Gasteiger partial charge in [0.15, 0.2) is 0 Å². The van der Waals surface area contributed by atoms with Crippen LogP contribution in [0.1, 0.15) is 0 Å². The third-order valence-electron chi connectivity index (χ3n) is 2.63. The van der Waals surface area contributed by atoms with E-state index in [1.807, 2.05) is 6.07 Å². The van der Waals surface area contributed by atoms with Gasteiger partial charge in [0, 0.05) is 0 Å². The summed E-state index contributed by atoms with van der Waals surface area (Å²) in [5, 5.41) is 9.72. The van der Waals surface area contributed by atoms with Crippen LogP contribution in [0.25, 0.3) is 0 Å². The molecule has 1 aromatic rings. The Balaban J connectivity index is 2.38. The Labute approximate surface area is 116 Å². The van der Waals surface area contributed by atoms with Crippen molar-refractivity contribution in [1.82, 2.24) is 0 Å². The number of nitrogens with zero attached hydrogens (tertiary/aromatic N) is 3. The summed E-state index contributed by atoms with van der Waals surface area (Å²) >= 11 is 9.75. The van der Waals surface area contributed by atoms with Gasteiger partial charge in [0.05, 0.1) is 0 Å². The summed E-state index contributed by atoms with van der Waals surface area (Å²) in [6, 6.07) is 8.33. The number of halogens is 2. The molecule has 0 atom stereocenters. The van der Waals surface area contributed by atoms with Gasteiger partial charge < -0.3 is 0 Å². The Kier molecular flexibility index (Phi) is 3.63. The van der Waals surface area contributed by atoms with Gasteiger partial charge in [-0.25, -0.2) is 0 Å². The first-order chi connectivity index (χ1) is 7.80. The van der Waals surface area contributed by atoms with Crippen molar-refractivity contribution in [3.63, 3.8) is 0 Å².